The van der Waals surface area contributed by atoms with E-state index < -0.39 is 29.9 Å². The van der Waals surface area contributed by atoms with Gasteiger partial charge in [-0.15, -0.1) is 0 Å². The maximum absolute atomic E-state index is 13.2. The number of hydrogen-bond donors (Lipinski definition) is 2. The van der Waals surface area contributed by atoms with Crippen LogP contribution in [-0.2, 0) is 17.4 Å². The minimum Gasteiger partial charge on any atom is -0.374 e. The molecule has 0 aromatic carbocycles. The zero-order valence-corrected chi connectivity index (χ0v) is 11.5. The second kappa shape index (κ2) is 5.76. The number of carbonyl (C=O) groups is 1. The summed E-state index contributed by atoms with van der Waals surface area (Å²) >= 11 is 0. The lowest BCUT2D eigenvalue weighted by Crippen LogP contribution is -2.46. The van der Waals surface area contributed by atoms with Gasteiger partial charge in [-0.1, -0.05) is 6.07 Å². The van der Waals surface area contributed by atoms with E-state index in [0.717, 1.165) is 10.8 Å². The highest BCUT2D eigenvalue weighted by Crippen LogP contribution is 2.40. The summed E-state index contributed by atoms with van der Waals surface area (Å²) in [6.07, 6.45) is -2.54. The number of aliphatic hydroxyl groups is 1. The van der Waals surface area contributed by atoms with Crippen molar-refractivity contribution in [1.82, 2.24) is 14.5 Å². The highest BCUT2D eigenvalue weighted by molar-refractivity contribution is 5.90. The van der Waals surface area contributed by atoms with Crippen LogP contribution in [0.3, 0.4) is 0 Å². The van der Waals surface area contributed by atoms with Crippen molar-refractivity contribution < 1.29 is 23.1 Å². The fourth-order valence-corrected chi connectivity index (χ4v) is 1.93. The Morgan fingerprint density at radius 3 is 2.55 bits per heavy atom. The van der Waals surface area contributed by atoms with Crippen molar-refractivity contribution in [2.24, 2.45) is 7.05 Å². The summed E-state index contributed by atoms with van der Waals surface area (Å²) in [5, 5.41) is 12.3. The number of halogens is 3. The SMILES string of the molecule is Cn1ccnc1[C@](O)(CC(=O)Nc1ccccn1)C(F)(F)F. The summed E-state index contributed by atoms with van der Waals surface area (Å²) in [5.41, 5.74) is -3.38. The smallest absolute Gasteiger partial charge is 0.374 e. The van der Waals surface area contributed by atoms with Gasteiger partial charge in [-0.2, -0.15) is 13.2 Å². The number of amides is 1. The number of alkyl halides is 3. The molecule has 0 aliphatic carbocycles. The number of carbonyl (C=O) groups excluding carboxylic acids is 1. The molecule has 6 nitrogen and oxygen atoms in total. The lowest BCUT2D eigenvalue weighted by Gasteiger charge is -2.29. The van der Waals surface area contributed by atoms with Crippen LogP contribution in [0.25, 0.3) is 0 Å². The molecule has 2 rings (SSSR count). The van der Waals surface area contributed by atoms with Crippen LogP contribution in [0.4, 0.5) is 19.0 Å². The average molecular weight is 314 g/mol. The molecule has 1 atom stereocenters. The molecule has 2 aromatic heterocycles. The molecule has 2 heterocycles. The van der Waals surface area contributed by atoms with Crippen LogP contribution >= 0.6 is 0 Å². The molecule has 1 amide bonds. The molecule has 0 saturated heterocycles. The predicted octanol–water partition coefficient (Wildman–Crippen LogP) is 1.59. The van der Waals surface area contributed by atoms with E-state index in [4.69, 9.17) is 0 Å². The van der Waals surface area contributed by atoms with Crippen LogP contribution in [0.15, 0.2) is 36.8 Å². The molecule has 9 heteroatoms. The van der Waals surface area contributed by atoms with Crippen LogP contribution in [-0.4, -0.2) is 31.7 Å². The first kappa shape index (κ1) is 16.0. The van der Waals surface area contributed by atoms with Crippen LogP contribution in [0.2, 0.25) is 0 Å². The van der Waals surface area contributed by atoms with Gasteiger partial charge >= 0.3 is 6.18 Å². The fraction of sp³-hybridized carbons (Fsp3) is 0.308. The van der Waals surface area contributed by atoms with Gasteiger partial charge in [0, 0.05) is 25.6 Å². The lowest BCUT2D eigenvalue weighted by molar-refractivity contribution is -0.270. The van der Waals surface area contributed by atoms with Gasteiger partial charge in [-0.25, -0.2) is 9.97 Å². The number of rotatable bonds is 4. The molecule has 0 bridgehead atoms. The summed E-state index contributed by atoms with van der Waals surface area (Å²) in [6.45, 7) is 0. The summed E-state index contributed by atoms with van der Waals surface area (Å²) in [6, 6.07) is 4.58. The molecule has 0 unspecified atom stereocenters. The predicted molar refractivity (Wildman–Crippen MR) is 70.6 cm³/mol. The van der Waals surface area contributed by atoms with Gasteiger partial charge in [-0.05, 0) is 12.1 Å². The molecular weight excluding hydrogens is 301 g/mol. The van der Waals surface area contributed by atoms with Gasteiger partial charge in [-0.3, -0.25) is 4.79 Å². The average Bonchev–Trinajstić information content (AvgIpc) is 2.85. The molecule has 118 valence electrons. The third kappa shape index (κ3) is 3.08. The Kier molecular flexibility index (Phi) is 4.18. The number of aryl methyl sites for hydroxylation is 1. The normalized spacial score (nSPS) is 14.4. The van der Waals surface area contributed by atoms with Gasteiger partial charge in [0.2, 0.25) is 11.5 Å². The largest absolute Gasteiger partial charge is 0.425 e. The molecule has 0 aliphatic rings. The number of pyridine rings is 1. The molecular formula is C13H13F3N4O2. The molecule has 2 N–H and O–H groups in total. The molecule has 2 aromatic rings. The van der Waals surface area contributed by atoms with E-state index in [1.54, 1.807) is 12.1 Å². The highest BCUT2D eigenvalue weighted by atomic mass is 19.4. The number of imidazole rings is 1. The van der Waals surface area contributed by atoms with Crippen molar-refractivity contribution in [2.45, 2.75) is 18.2 Å². The van der Waals surface area contributed by atoms with Crippen molar-refractivity contribution in [1.29, 1.82) is 0 Å². The van der Waals surface area contributed by atoms with Gasteiger partial charge in [0.15, 0.2) is 5.82 Å². The molecule has 0 saturated carbocycles. The van der Waals surface area contributed by atoms with Crippen molar-refractivity contribution in [2.75, 3.05) is 5.32 Å². The minimum absolute atomic E-state index is 0.0943. The fourth-order valence-electron chi connectivity index (χ4n) is 1.93. The van der Waals surface area contributed by atoms with Crippen LogP contribution in [0.5, 0.6) is 0 Å². The number of nitrogens with one attached hydrogen (secondary N) is 1. The first-order valence-electron chi connectivity index (χ1n) is 6.22. The number of hydrogen-bond acceptors (Lipinski definition) is 4. The highest BCUT2D eigenvalue weighted by Gasteiger charge is 2.58. The number of aromatic nitrogens is 3. The minimum atomic E-state index is -5.06. The summed E-state index contributed by atoms with van der Waals surface area (Å²) in [7, 11) is 1.30. The second-order valence-electron chi connectivity index (χ2n) is 4.66. The molecule has 0 radical (unpaired) electrons. The first-order valence-corrected chi connectivity index (χ1v) is 6.22. The standard InChI is InChI=1S/C13H13F3N4O2/c1-20-7-6-18-11(20)12(22,13(14,15)16)8-10(21)19-9-4-2-3-5-17-9/h2-7,22H,8H2,1H3,(H,17,19,21)/t12-/m1/s1. The molecule has 0 fully saturated rings. The summed E-state index contributed by atoms with van der Waals surface area (Å²) in [4.78, 5) is 19.1. The Hall–Kier alpha value is -2.42. The van der Waals surface area contributed by atoms with Crippen molar-refractivity contribution in [3.63, 3.8) is 0 Å². The second-order valence-corrected chi connectivity index (χ2v) is 4.66. The number of anilines is 1. The Morgan fingerprint density at radius 2 is 2.05 bits per heavy atom. The molecule has 0 aliphatic heterocycles. The van der Waals surface area contributed by atoms with E-state index in [9.17, 15) is 23.1 Å². The van der Waals surface area contributed by atoms with Crippen molar-refractivity contribution in [3.05, 3.63) is 42.6 Å². The Balaban J connectivity index is 2.25. The zero-order valence-electron chi connectivity index (χ0n) is 11.5. The topological polar surface area (TPSA) is 80.0 Å². The maximum Gasteiger partial charge on any atom is 0.425 e. The van der Waals surface area contributed by atoms with E-state index in [1.807, 2.05) is 0 Å². The summed E-state index contributed by atoms with van der Waals surface area (Å²) < 4.78 is 40.8. The summed E-state index contributed by atoms with van der Waals surface area (Å²) in [5.74, 6) is -1.59. The quantitative estimate of drug-likeness (QED) is 0.898. The van der Waals surface area contributed by atoms with Gasteiger partial charge in [0.05, 0.1) is 6.42 Å². The first-order chi connectivity index (χ1) is 10.2. The van der Waals surface area contributed by atoms with Crippen molar-refractivity contribution in [3.8, 4) is 0 Å². The van der Waals surface area contributed by atoms with E-state index in [0.29, 0.717) is 0 Å². The third-order valence-electron chi connectivity index (χ3n) is 3.01. The van der Waals surface area contributed by atoms with Crippen LogP contribution < -0.4 is 5.32 Å². The van der Waals surface area contributed by atoms with E-state index in [-0.39, 0.29) is 5.82 Å². The van der Waals surface area contributed by atoms with Gasteiger partial charge in [0.1, 0.15) is 5.82 Å². The third-order valence-corrected chi connectivity index (χ3v) is 3.01. The monoisotopic (exact) mass is 314 g/mol. The van der Waals surface area contributed by atoms with Gasteiger partial charge in [0.25, 0.3) is 0 Å². The lowest BCUT2D eigenvalue weighted by atomic mass is 9.97. The van der Waals surface area contributed by atoms with E-state index >= 15 is 0 Å². The Labute approximate surface area is 123 Å². The number of nitrogens with zero attached hydrogens (tertiary/aromatic N) is 3. The Bertz CT molecular complexity index is 657. The van der Waals surface area contributed by atoms with Crippen molar-refractivity contribution >= 4 is 11.7 Å². The van der Waals surface area contributed by atoms with Crippen LogP contribution in [0, 0.1) is 0 Å². The van der Waals surface area contributed by atoms with E-state index in [2.05, 4.69) is 15.3 Å². The zero-order chi connectivity index (χ0) is 16.4. The molecule has 22 heavy (non-hydrogen) atoms. The Morgan fingerprint density at radius 1 is 1.32 bits per heavy atom. The van der Waals surface area contributed by atoms with Crippen LogP contribution in [0.1, 0.15) is 12.2 Å². The van der Waals surface area contributed by atoms with E-state index in [1.165, 1.54) is 25.5 Å². The maximum atomic E-state index is 13.2. The molecule has 0 spiro atoms. The van der Waals surface area contributed by atoms with Gasteiger partial charge < -0.3 is 15.0 Å².